The van der Waals surface area contributed by atoms with Crippen LogP contribution in [0.15, 0.2) is 6.20 Å². The molecule has 0 spiro atoms. The Kier molecular flexibility index (Phi) is 5.57. The third-order valence-electron chi connectivity index (χ3n) is 2.48. The van der Waals surface area contributed by atoms with Crippen LogP contribution in [-0.2, 0) is 16.8 Å². The van der Waals surface area contributed by atoms with Crippen molar-refractivity contribution in [1.82, 2.24) is 19.2 Å². The van der Waals surface area contributed by atoms with Gasteiger partial charge in [0.25, 0.3) is 10.2 Å². The molecular formula is C10H21N5O2S. The molecule has 0 bridgehead atoms. The largest absolute Gasteiger partial charge is 0.384 e. The number of anilines is 1. The van der Waals surface area contributed by atoms with Crippen LogP contribution in [0.2, 0.25) is 0 Å². The highest BCUT2D eigenvalue weighted by Gasteiger charge is 2.20. The topological polar surface area (TPSA) is 104 Å². The number of nitrogens with two attached hydrogens (primary N) is 1. The van der Waals surface area contributed by atoms with Crippen molar-refractivity contribution >= 4 is 16.0 Å². The molecule has 0 unspecified atom stereocenters. The first-order valence-corrected chi connectivity index (χ1v) is 7.47. The fraction of sp³-hybridized carbons (Fsp3) is 0.700. The van der Waals surface area contributed by atoms with E-state index in [0.717, 1.165) is 12.8 Å². The van der Waals surface area contributed by atoms with E-state index in [-0.39, 0.29) is 6.54 Å². The Labute approximate surface area is 108 Å². The fourth-order valence-corrected chi connectivity index (χ4v) is 2.94. The van der Waals surface area contributed by atoms with Gasteiger partial charge in [-0.3, -0.25) is 5.10 Å². The molecule has 0 aliphatic rings. The van der Waals surface area contributed by atoms with Gasteiger partial charge in [0, 0.05) is 25.2 Å². The molecule has 104 valence electrons. The quantitative estimate of drug-likeness (QED) is 0.640. The minimum absolute atomic E-state index is 0.147. The number of hydrogen-bond donors (Lipinski definition) is 3. The molecule has 0 aromatic carbocycles. The third kappa shape index (κ3) is 3.97. The van der Waals surface area contributed by atoms with E-state index in [1.54, 1.807) is 0 Å². The summed E-state index contributed by atoms with van der Waals surface area (Å²) in [6.45, 7) is 5.08. The van der Waals surface area contributed by atoms with E-state index in [1.165, 1.54) is 10.5 Å². The summed E-state index contributed by atoms with van der Waals surface area (Å²) in [6.07, 6.45) is 3.09. The van der Waals surface area contributed by atoms with Gasteiger partial charge in [0.05, 0.1) is 6.20 Å². The Morgan fingerprint density at radius 3 is 2.44 bits per heavy atom. The lowest BCUT2D eigenvalue weighted by Gasteiger charge is -2.21. The maximum atomic E-state index is 12.1. The zero-order valence-corrected chi connectivity index (χ0v) is 11.6. The van der Waals surface area contributed by atoms with Gasteiger partial charge in [-0.05, 0) is 12.8 Å². The molecule has 1 heterocycles. The van der Waals surface area contributed by atoms with Crippen LogP contribution in [0.25, 0.3) is 0 Å². The lowest BCUT2D eigenvalue weighted by Crippen LogP contribution is -2.41. The maximum absolute atomic E-state index is 12.1. The zero-order chi connectivity index (χ0) is 13.6. The van der Waals surface area contributed by atoms with E-state index in [0.29, 0.717) is 24.5 Å². The van der Waals surface area contributed by atoms with Crippen molar-refractivity contribution in [2.24, 2.45) is 0 Å². The minimum Gasteiger partial charge on any atom is -0.384 e. The molecule has 8 heteroatoms. The molecule has 0 aliphatic heterocycles. The van der Waals surface area contributed by atoms with E-state index >= 15 is 0 Å². The van der Waals surface area contributed by atoms with Gasteiger partial charge in [-0.15, -0.1) is 0 Å². The number of rotatable bonds is 8. The zero-order valence-electron chi connectivity index (χ0n) is 10.8. The van der Waals surface area contributed by atoms with Crippen molar-refractivity contribution in [2.75, 3.05) is 18.8 Å². The number of nitrogens with one attached hydrogen (secondary N) is 2. The first-order valence-electron chi connectivity index (χ1n) is 6.03. The number of aromatic nitrogens is 2. The number of H-pyrrole nitrogens is 1. The van der Waals surface area contributed by atoms with Gasteiger partial charge in [-0.1, -0.05) is 13.8 Å². The van der Waals surface area contributed by atoms with Gasteiger partial charge < -0.3 is 5.73 Å². The Bertz CT molecular complexity index is 451. The van der Waals surface area contributed by atoms with E-state index in [9.17, 15) is 8.42 Å². The lowest BCUT2D eigenvalue weighted by molar-refractivity contribution is 0.402. The second-order valence-corrected chi connectivity index (χ2v) is 5.79. The second kappa shape index (κ2) is 6.72. The molecular weight excluding hydrogens is 254 g/mol. The molecule has 1 aromatic heterocycles. The van der Waals surface area contributed by atoms with Gasteiger partial charge in [0.15, 0.2) is 0 Å². The van der Waals surface area contributed by atoms with Crippen LogP contribution < -0.4 is 10.5 Å². The van der Waals surface area contributed by atoms with E-state index in [2.05, 4.69) is 14.9 Å². The highest BCUT2D eigenvalue weighted by atomic mass is 32.2. The molecule has 0 amide bonds. The Hall–Kier alpha value is -1.12. The Morgan fingerprint density at radius 1 is 1.39 bits per heavy atom. The van der Waals surface area contributed by atoms with Gasteiger partial charge in [-0.25, -0.2) is 0 Å². The smallest absolute Gasteiger partial charge is 0.279 e. The fourth-order valence-electron chi connectivity index (χ4n) is 1.57. The molecule has 0 saturated carbocycles. The van der Waals surface area contributed by atoms with Crippen molar-refractivity contribution in [3.05, 3.63) is 11.8 Å². The standard InChI is InChI=1S/C10H21N5O2S/c1-3-5-15(6-4-2)18(16,17)13-8-9-7-12-14-10(9)11/h7,13H,3-6,8H2,1-2H3,(H3,11,12,14). The maximum Gasteiger partial charge on any atom is 0.279 e. The molecule has 1 aromatic rings. The summed E-state index contributed by atoms with van der Waals surface area (Å²) < 4.78 is 28.1. The number of hydrogen-bond acceptors (Lipinski definition) is 4. The van der Waals surface area contributed by atoms with Gasteiger partial charge >= 0.3 is 0 Å². The SMILES string of the molecule is CCCN(CCC)S(=O)(=O)NCc1cn[nH]c1N. The van der Waals surface area contributed by atoms with Gasteiger partial charge in [-0.2, -0.15) is 22.5 Å². The van der Waals surface area contributed by atoms with Crippen LogP contribution in [0.5, 0.6) is 0 Å². The highest BCUT2D eigenvalue weighted by Crippen LogP contribution is 2.07. The molecule has 18 heavy (non-hydrogen) atoms. The number of nitrogen functional groups attached to an aromatic ring is 1. The summed E-state index contributed by atoms with van der Waals surface area (Å²) in [5.41, 5.74) is 6.24. The van der Waals surface area contributed by atoms with E-state index < -0.39 is 10.2 Å². The highest BCUT2D eigenvalue weighted by molar-refractivity contribution is 7.87. The molecule has 0 fully saturated rings. The molecule has 0 saturated heterocycles. The number of nitrogens with zero attached hydrogens (tertiary/aromatic N) is 2. The average Bonchev–Trinajstić information content (AvgIpc) is 2.72. The van der Waals surface area contributed by atoms with Crippen molar-refractivity contribution in [1.29, 1.82) is 0 Å². The third-order valence-corrected chi connectivity index (χ3v) is 4.04. The summed E-state index contributed by atoms with van der Waals surface area (Å²) >= 11 is 0. The van der Waals surface area contributed by atoms with Crippen LogP contribution in [0.3, 0.4) is 0 Å². The summed E-state index contributed by atoms with van der Waals surface area (Å²) in [6, 6.07) is 0. The minimum atomic E-state index is -3.45. The van der Waals surface area contributed by atoms with Crippen LogP contribution in [0, 0.1) is 0 Å². The lowest BCUT2D eigenvalue weighted by atomic mass is 10.3. The predicted molar refractivity (Wildman–Crippen MR) is 70.9 cm³/mol. The predicted octanol–water partition coefficient (Wildman–Crippen LogP) is 0.448. The number of aromatic amines is 1. The van der Waals surface area contributed by atoms with Crippen molar-refractivity contribution in [3.63, 3.8) is 0 Å². The van der Waals surface area contributed by atoms with Crippen molar-refractivity contribution in [2.45, 2.75) is 33.2 Å². The van der Waals surface area contributed by atoms with Crippen LogP contribution >= 0.6 is 0 Å². The molecule has 0 radical (unpaired) electrons. The van der Waals surface area contributed by atoms with Crippen molar-refractivity contribution < 1.29 is 8.42 Å². The van der Waals surface area contributed by atoms with Gasteiger partial charge in [0.2, 0.25) is 0 Å². The first-order chi connectivity index (χ1) is 8.51. The van der Waals surface area contributed by atoms with Crippen LogP contribution in [-0.4, -0.2) is 36.0 Å². The molecule has 0 atom stereocenters. The summed E-state index contributed by atoms with van der Waals surface area (Å²) in [5, 5.41) is 6.31. The van der Waals surface area contributed by atoms with E-state index in [1.807, 2.05) is 13.8 Å². The Balaban J connectivity index is 2.65. The summed E-state index contributed by atoms with van der Waals surface area (Å²) in [7, 11) is -3.45. The monoisotopic (exact) mass is 275 g/mol. The summed E-state index contributed by atoms with van der Waals surface area (Å²) in [5.74, 6) is 0.384. The van der Waals surface area contributed by atoms with Crippen molar-refractivity contribution in [3.8, 4) is 0 Å². The second-order valence-electron chi connectivity index (χ2n) is 4.03. The Morgan fingerprint density at radius 2 is 2.00 bits per heavy atom. The van der Waals surface area contributed by atoms with Crippen LogP contribution in [0.4, 0.5) is 5.82 Å². The first kappa shape index (κ1) is 14.9. The van der Waals surface area contributed by atoms with E-state index in [4.69, 9.17) is 5.73 Å². The molecule has 1 rings (SSSR count). The van der Waals surface area contributed by atoms with Gasteiger partial charge in [0.1, 0.15) is 5.82 Å². The molecule has 7 nitrogen and oxygen atoms in total. The van der Waals surface area contributed by atoms with Crippen LogP contribution in [0.1, 0.15) is 32.3 Å². The summed E-state index contributed by atoms with van der Waals surface area (Å²) in [4.78, 5) is 0. The average molecular weight is 275 g/mol. The normalized spacial score (nSPS) is 12.2. The molecule has 0 aliphatic carbocycles. The molecule has 4 N–H and O–H groups in total.